The summed E-state index contributed by atoms with van der Waals surface area (Å²) in [6, 6.07) is 9.93. The third-order valence-corrected chi connectivity index (χ3v) is 3.38. The SMILES string of the molecule is Cc1cc(NC(=O)c2cc(N)ccc2Br)ccc1O. The van der Waals surface area contributed by atoms with Gasteiger partial charge >= 0.3 is 0 Å². The first-order valence-electron chi connectivity index (χ1n) is 5.63. The number of amides is 1. The van der Waals surface area contributed by atoms with Crippen LogP contribution in [0.5, 0.6) is 5.75 Å². The standard InChI is InChI=1S/C14H13BrN2O2/c1-8-6-10(3-5-13(8)18)17-14(19)11-7-9(16)2-4-12(11)15/h2-7,18H,16H2,1H3,(H,17,19). The van der Waals surface area contributed by atoms with Crippen molar-refractivity contribution in [3.05, 3.63) is 52.0 Å². The zero-order chi connectivity index (χ0) is 14.0. The lowest BCUT2D eigenvalue weighted by molar-refractivity contribution is 0.102. The average Bonchev–Trinajstić information content (AvgIpc) is 2.36. The first-order valence-corrected chi connectivity index (χ1v) is 6.42. The molecule has 2 rings (SSSR count). The summed E-state index contributed by atoms with van der Waals surface area (Å²) >= 11 is 3.31. The van der Waals surface area contributed by atoms with Crippen LogP contribution in [0.4, 0.5) is 11.4 Å². The maximum absolute atomic E-state index is 12.1. The molecule has 0 spiro atoms. The summed E-state index contributed by atoms with van der Waals surface area (Å²) in [6.45, 7) is 1.77. The number of nitrogens with two attached hydrogens (primary N) is 1. The molecule has 5 heteroatoms. The predicted molar refractivity (Wildman–Crippen MR) is 79.4 cm³/mol. The average molecular weight is 321 g/mol. The first kappa shape index (κ1) is 13.4. The summed E-state index contributed by atoms with van der Waals surface area (Å²) in [4.78, 5) is 12.1. The van der Waals surface area contributed by atoms with Crippen molar-refractivity contribution in [2.45, 2.75) is 6.92 Å². The largest absolute Gasteiger partial charge is 0.508 e. The minimum absolute atomic E-state index is 0.197. The fourth-order valence-corrected chi connectivity index (χ4v) is 2.08. The molecular formula is C14H13BrN2O2. The zero-order valence-corrected chi connectivity index (χ0v) is 11.9. The number of phenols is 1. The number of phenolic OH excluding ortho intramolecular Hbond substituents is 1. The third kappa shape index (κ3) is 3.06. The lowest BCUT2D eigenvalue weighted by atomic mass is 10.1. The fourth-order valence-electron chi connectivity index (χ4n) is 1.65. The molecular weight excluding hydrogens is 308 g/mol. The van der Waals surface area contributed by atoms with Crippen LogP contribution in [0.15, 0.2) is 40.9 Å². The van der Waals surface area contributed by atoms with Crippen LogP contribution in [0, 0.1) is 6.92 Å². The van der Waals surface area contributed by atoms with Crippen molar-refractivity contribution < 1.29 is 9.90 Å². The van der Waals surface area contributed by atoms with E-state index in [1.54, 1.807) is 43.3 Å². The number of nitrogens with one attached hydrogen (secondary N) is 1. The van der Waals surface area contributed by atoms with Crippen molar-refractivity contribution in [3.63, 3.8) is 0 Å². The van der Waals surface area contributed by atoms with E-state index in [0.717, 1.165) is 0 Å². The number of rotatable bonds is 2. The Hall–Kier alpha value is -2.01. The highest BCUT2D eigenvalue weighted by Gasteiger charge is 2.11. The van der Waals surface area contributed by atoms with Crippen molar-refractivity contribution in [1.82, 2.24) is 0 Å². The molecule has 0 unspecified atom stereocenters. The van der Waals surface area contributed by atoms with Gasteiger partial charge in [-0.2, -0.15) is 0 Å². The van der Waals surface area contributed by atoms with E-state index in [1.807, 2.05) is 0 Å². The van der Waals surface area contributed by atoms with E-state index in [2.05, 4.69) is 21.2 Å². The molecule has 19 heavy (non-hydrogen) atoms. The Morgan fingerprint density at radius 1 is 1.26 bits per heavy atom. The number of hydrogen-bond acceptors (Lipinski definition) is 3. The lowest BCUT2D eigenvalue weighted by Crippen LogP contribution is -2.13. The molecule has 0 heterocycles. The number of nitrogen functional groups attached to an aromatic ring is 1. The summed E-state index contributed by atoms with van der Waals surface area (Å²) in [5.41, 5.74) is 7.97. The molecule has 0 aromatic heterocycles. The van der Waals surface area contributed by atoms with Gasteiger partial charge in [-0.3, -0.25) is 4.79 Å². The molecule has 2 aromatic carbocycles. The third-order valence-electron chi connectivity index (χ3n) is 2.69. The second-order valence-corrected chi connectivity index (χ2v) is 5.05. The van der Waals surface area contributed by atoms with Gasteiger partial charge in [0.2, 0.25) is 0 Å². The van der Waals surface area contributed by atoms with E-state index in [0.29, 0.717) is 27.0 Å². The Labute approximate surface area is 119 Å². The molecule has 0 fully saturated rings. The van der Waals surface area contributed by atoms with Crippen LogP contribution >= 0.6 is 15.9 Å². The molecule has 0 aliphatic heterocycles. The number of carbonyl (C=O) groups is 1. The fraction of sp³-hybridized carbons (Fsp3) is 0.0714. The quantitative estimate of drug-likeness (QED) is 0.587. The van der Waals surface area contributed by atoms with Crippen LogP contribution in [-0.2, 0) is 0 Å². The topological polar surface area (TPSA) is 75.4 Å². The minimum atomic E-state index is -0.260. The van der Waals surface area contributed by atoms with Gasteiger partial charge in [0.25, 0.3) is 5.91 Å². The van der Waals surface area contributed by atoms with Crippen LogP contribution in [0.3, 0.4) is 0 Å². The van der Waals surface area contributed by atoms with Crippen molar-refractivity contribution in [3.8, 4) is 5.75 Å². The number of hydrogen-bond donors (Lipinski definition) is 3. The summed E-state index contributed by atoms with van der Waals surface area (Å²) in [5, 5.41) is 12.2. The van der Waals surface area contributed by atoms with Crippen LogP contribution in [0.1, 0.15) is 15.9 Å². The highest BCUT2D eigenvalue weighted by molar-refractivity contribution is 9.10. The normalized spacial score (nSPS) is 10.2. The van der Waals surface area contributed by atoms with Crippen LogP contribution < -0.4 is 11.1 Å². The molecule has 0 aliphatic rings. The number of anilines is 2. The van der Waals surface area contributed by atoms with E-state index >= 15 is 0 Å². The molecule has 0 atom stereocenters. The monoisotopic (exact) mass is 320 g/mol. The van der Waals surface area contributed by atoms with Gasteiger partial charge in [-0.25, -0.2) is 0 Å². The Bertz CT molecular complexity index is 641. The summed E-state index contributed by atoms with van der Waals surface area (Å²) in [5.74, 6) is -0.0626. The molecule has 2 aromatic rings. The Morgan fingerprint density at radius 2 is 2.00 bits per heavy atom. The minimum Gasteiger partial charge on any atom is -0.508 e. The number of halogens is 1. The summed E-state index contributed by atoms with van der Waals surface area (Å²) in [7, 11) is 0. The molecule has 0 radical (unpaired) electrons. The van der Waals surface area contributed by atoms with Gasteiger partial charge in [0.1, 0.15) is 5.75 Å². The zero-order valence-electron chi connectivity index (χ0n) is 10.3. The van der Waals surface area contributed by atoms with Crippen molar-refractivity contribution >= 4 is 33.2 Å². The van der Waals surface area contributed by atoms with Gasteiger partial charge < -0.3 is 16.2 Å². The lowest BCUT2D eigenvalue weighted by Gasteiger charge is -2.09. The van der Waals surface area contributed by atoms with E-state index in [9.17, 15) is 9.90 Å². The predicted octanol–water partition coefficient (Wildman–Crippen LogP) is 3.30. The second-order valence-electron chi connectivity index (χ2n) is 4.19. The van der Waals surface area contributed by atoms with Crippen molar-refractivity contribution in [2.24, 2.45) is 0 Å². The first-order chi connectivity index (χ1) is 8.97. The van der Waals surface area contributed by atoms with Gasteiger partial charge in [0.15, 0.2) is 0 Å². The van der Waals surface area contributed by atoms with E-state index in [1.165, 1.54) is 0 Å². The van der Waals surface area contributed by atoms with Crippen LogP contribution in [-0.4, -0.2) is 11.0 Å². The van der Waals surface area contributed by atoms with Gasteiger partial charge in [0, 0.05) is 15.8 Å². The van der Waals surface area contributed by atoms with Crippen LogP contribution in [0.2, 0.25) is 0 Å². The smallest absolute Gasteiger partial charge is 0.256 e. The van der Waals surface area contributed by atoms with Crippen molar-refractivity contribution in [1.29, 1.82) is 0 Å². The van der Waals surface area contributed by atoms with Gasteiger partial charge in [-0.15, -0.1) is 0 Å². The maximum atomic E-state index is 12.1. The molecule has 4 nitrogen and oxygen atoms in total. The maximum Gasteiger partial charge on any atom is 0.256 e. The number of benzene rings is 2. The molecule has 0 saturated carbocycles. The highest BCUT2D eigenvalue weighted by Crippen LogP contribution is 2.23. The van der Waals surface area contributed by atoms with Gasteiger partial charge in [0.05, 0.1) is 5.56 Å². The number of aromatic hydroxyl groups is 1. The molecule has 0 saturated heterocycles. The van der Waals surface area contributed by atoms with E-state index in [-0.39, 0.29) is 11.7 Å². The summed E-state index contributed by atoms with van der Waals surface area (Å²) < 4.78 is 0.676. The molecule has 0 aliphatic carbocycles. The highest BCUT2D eigenvalue weighted by atomic mass is 79.9. The Morgan fingerprint density at radius 3 is 2.68 bits per heavy atom. The number of aryl methyl sites for hydroxylation is 1. The number of carbonyl (C=O) groups excluding carboxylic acids is 1. The second kappa shape index (κ2) is 5.32. The Kier molecular flexibility index (Phi) is 3.76. The Balaban J connectivity index is 2.25. The van der Waals surface area contributed by atoms with Crippen LogP contribution in [0.25, 0.3) is 0 Å². The van der Waals surface area contributed by atoms with E-state index < -0.39 is 0 Å². The van der Waals surface area contributed by atoms with Crippen molar-refractivity contribution in [2.75, 3.05) is 11.1 Å². The van der Waals surface area contributed by atoms with Gasteiger partial charge in [-0.1, -0.05) is 0 Å². The molecule has 98 valence electrons. The van der Waals surface area contributed by atoms with E-state index in [4.69, 9.17) is 5.73 Å². The molecule has 4 N–H and O–H groups in total. The molecule has 1 amide bonds. The van der Waals surface area contributed by atoms with Gasteiger partial charge in [-0.05, 0) is 64.8 Å². The molecule has 0 bridgehead atoms. The summed E-state index contributed by atoms with van der Waals surface area (Å²) in [6.07, 6.45) is 0.